The third-order valence-corrected chi connectivity index (χ3v) is 2.26. The van der Waals surface area contributed by atoms with E-state index in [-0.39, 0.29) is 5.56 Å². The molecule has 5 nitrogen and oxygen atoms in total. The number of aryl methyl sites for hydroxylation is 2. The molecule has 0 bridgehead atoms. The van der Waals surface area contributed by atoms with Gasteiger partial charge in [0.1, 0.15) is 11.5 Å². The Balaban J connectivity index is 2.59. The van der Waals surface area contributed by atoms with Crippen molar-refractivity contribution in [3.63, 3.8) is 0 Å². The Bertz CT molecular complexity index is 630. The predicted molar refractivity (Wildman–Crippen MR) is 59.3 cm³/mol. The van der Waals surface area contributed by atoms with Gasteiger partial charge in [-0.2, -0.15) is 5.10 Å². The van der Waals surface area contributed by atoms with Crippen molar-refractivity contribution in [2.75, 3.05) is 0 Å². The van der Waals surface area contributed by atoms with Gasteiger partial charge >= 0.3 is 0 Å². The van der Waals surface area contributed by atoms with Crippen molar-refractivity contribution < 1.29 is 0 Å². The molecule has 80 valence electrons. The molecule has 2 rings (SSSR count). The van der Waals surface area contributed by atoms with Crippen molar-refractivity contribution in [1.29, 1.82) is 0 Å². The second-order valence-corrected chi connectivity index (χ2v) is 3.36. The van der Waals surface area contributed by atoms with Gasteiger partial charge in [0.15, 0.2) is 0 Å². The van der Waals surface area contributed by atoms with Crippen LogP contribution in [-0.2, 0) is 7.05 Å². The normalized spacial score (nSPS) is 10.1. The van der Waals surface area contributed by atoms with E-state index in [1.165, 1.54) is 10.7 Å². The van der Waals surface area contributed by atoms with Crippen LogP contribution in [0.2, 0.25) is 0 Å². The molecule has 0 saturated heterocycles. The number of aromatic nitrogens is 4. The standard InChI is InChI=1S/C11H10N4O/c1-4-9-7-15(8(2)13-9)10-5-11(16)14(3)12-6-10/h1,5-7H,2-3H3. The SMILES string of the molecule is C#Cc1cn(-c2cnn(C)c(=O)c2)c(C)n1. The van der Waals surface area contributed by atoms with E-state index in [4.69, 9.17) is 6.42 Å². The topological polar surface area (TPSA) is 52.7 Å². The Hall–Kier alpha value is -2.35. The summed E-state index contributed by atoms with van der Waals surface area (Å²) in [7, 11) is 1.60. The lowest BCUT2D eigenvalue weighted by molar-refractivity contribution is 0.701. The van der Waals surface area contributed by atoms with Gasteiger partial charge in [-0.3, -0.25) is 4.79 Å². The van der Waals surface area contributed by atoms with Gasteiger partial charge < -0.3 is 4.57 Å². The highest BCUT2D eigenvalue weighted by Crippen LogP contribution is 2.08. The Morgan fingerprint density at radius 3 is 2.81 bits per heavy atom. The second-order valence-electron chi connectivity index (χ2n) is 3.36. The van der Waals surface area contributed by atoms with Crippen molar-refractivity contribution in [1.82, 2.24) is 19.3 Å². The quantitative estimate of drug-likeness (QED) is 0.640. The summed E-state index contributed by atoms with van der Waals surface area (Å²) in [5.41, 5.74) is 1.03. The molecule has 16 heavy (non-hydrogen) atoms. The summed E-state index contributed by atoms with van der Waals surface area (Å²) in [6, 6.07) is 1.49. The Morgan fingerprint density at radius 1 is 1.50 bits per heavy atom. The minimum absolute atomic E-state index is 0.173. The first-order chi connectivity index (χ1) is 7.61. The predicted octanol–water partition coefficient (Wildman–Crippen LogP) is 0.256. The third-order valence-electron chi connectivity index (χ3n) is 2.26. The van der Waals surface area contributed by atoms with E-state index in [2.05, 4.69) is 16.0 Å². The van der Waals surface area contributed by atoms with Crippen LogP contribution in [0.1, 0.15) is 11.5 Å². The molecule has 0 fully saturated rings. The van der Waals surface area contributed by atoms with Gasteiger partial charge in [0.05, 0.1) is 11.9 Å². The summed E-state index contributed by atoms with van der Waals surface area (Å²) >= 11 is 0. The van der Waals surface area contributed by atoms with Crippen LogP contribution in [0.3, 0.4) is 0 Å². The van der Waals surface area contributed by atoms with Gasteiger partial charge in [-0.25, -0.2) is 9.67 Å². The zero-order chi connectivity index (χ0) is 11.7. The van der Waals surface area contributed by atoms with E-state index < -0.39 is 0 Å². The summed E-state index contributed by atoms with van der Waals surface area (Å²) in [6.07, 6.45) is 8.55. The largest absolute Gasteiger partial charge is 0.301 e. The number of nitrogens with zero attached hydrogens (tertiary/aromatic N) is 4. The minimum Gasteiger partial charge on any atom is -0.301 e. The summed E-state index contributed by atoms with van der Waals surface area (Å²) in [5, 5.41) is 3.94. The first kappa shape index (κ1) is 10.2. The van der Waals surface area contributed by atoms with Crippen molar-refractivity contribution in [3.8, 4) is 18.0 Å². The average molecular weight is 214 g/mol. The maximum atomic E-state index is 11.4. The zero-order valence-corrected chi connectivity index (χ0v) is 9.01. The molecule has 0 N–H and O–H groups in total. The molecule has 0 spiro atoms. The van der Waals surface area contributed by atoms with Crippen LogP contribution in [0.25, 0.3) is 5.69 Å². The first-order valence-electron chi connectivity index (χ1n) is 4.68. The average Bonchev–Trinajstić information content (AvgIpc) is 2.64. The molecule has 0 amide bonds. The van der Waals surface area contributed by atoms with E-state index in [1.54, 1.807) is 24.0 Å². The summed E-state index contributed by atoms with van der Waals surface area (Å²) < 4.78 is 3.00. The van der Waals surface area contributed by atoms with E-state index >= 15 is 0 Å². The molecule has 0 saturated carbocycles. The van der Waals surface area contributed by atoms with Crippen LogP contribution < -0.4 is 5.56 Å². The molecule has 0 unspecified atom stereocenters. The summed E-state index contributed by atoms with van der Waals surface area (Å²) in [5.74, 6) is 3.17. The Kier molecular flexibility index (Phi) is 2.33. The molecule has 0 atom stereocenters. The third kappa shape index (κ3) is 1.61. The maximum absolute atomic E-state index is 11.4. The molecule has 0 aliphatic carbocycles. The van der Waals surface area contributed by atoms with Gasteiger partial charge in [-0.05, 0) is 12.8 Å². The van der Waals surface area contributed by atoms with Crippen LogP contribution in [0.15, 0.2) is 23.3 Å². The van der Waals surface area contributed by atoms with Crippen molar-refractivity contribution in [2.24, 2.45) is 7.05 Å². The molecule has 0 aromatic carbocycles. The Morgan fingerprint density at radius 2 is 2.25 bits per heavy atom. The van der Waals surface area contributed by atoms with E-state index in [0.29, 0.717) is 11.4 Å². The zero-order valence-electron chi connectivity index (χ0n) is 9.01. The molecule has 0 aliphatic heterocycles. The maximum Gasteiger partial charge on any atom is 0.268 e. The highest BCUT2D eigenvalue weighted by atomic mass is 16.1. The van der Waals surface area contributed by atoms with Crippen molar-refractivity contribution in [3.05, 3.63) is 40.3 Å². The van der Waals surface area contributed by atoms with Crippen LogP contribution >= 0.6 is 0 Å². The van der Waals surface area contributed by atoms with Crippen LogP contribution in [0, 0.1) is 19.3 Å². The monoisotopic (exact) mass is 214 g/mol. The number of terminal acetylenes is 1. The molecule has 2 heterocycles. The van der Waals surface area contributed by atoms with E-state index in [1.807, 2.05) is 6.92 Å². The smallest absolute Gasteiger partial charge is 0.268 e. The van der Waals surface area contributed by atoms with E-state index in [0.717, 1.165) is 5.82 Å². The van der Waals surface area contributed by atoms with Crippen LogP contribution in [0.5, 0.6) is 0 Å². The molecule has 2 aromatic rings. The summed E-state index contributed by atoms with van der Waals surface area (Å²) in [4.78, 5) is 15.6. The number of rotatable bonds is 1. The number of hydrogen-bond donors (Lipinski definition) is 0. The number of hydrogen-bond acceptors (Lipinski definition) is 3. The molecule has 0 aliphatic rings. The number of imidazole rings is 1. The molecular formula is C11H10N4O. The fraction of sp³-hybridized carbons (Fsp3) is 0.182. The first-order valence-corrected chi connectivity index (χ1v) is 4.68. The van der Waals surface area contributed by atoms with Crippen molar-refractivity contribution >= 4 is 0 Å². The Labute approximate surface area is 92.4 Å². The van der Waals surface area contributed by atoms with Crippen LogP contribution in [-0.4, -0.2) is 19.3 Å². The lowest BCUT2D eigenvalue weighted by Gasteiger charge is -2.03. The van der Waals surface area contributed by atoms with Gasteiger partial charge in [-0.15, -0.1) is 6.42 Å². The fourth-order valence-electron chi connectivity index (χ4n) is 1.40. The highest BCUT2D eigenvalue weighted by molar-refractivity contribution is 5.33. The van der Waals surface area contributed by atoms with E-state index in [9.17, 15) is 4.79 Å². The lowest BCUT2D eigenvalue weighted by atomic mass is 10.4. The highest BCUT2D eigenvalue weighted by Gasteiger charge is 2.05. The van der Waals surface area contributed by atoms with Gasteiger partial charge in [0.2, 0.25) is 0 Å². The van der Waals surface area contributed by atoms with Crippen molar-refractivity contribution in [2.45, 2.75) is 6.92 Å². The second kappa shape index (κ2) is 3.66. The van der Waals surface area contributed by atoms with Gasteiger partial charge in [0.25, 0.3) is 5.56 Å². The molecular weight excluding hydrogens is 204 g/mol. The summed E-state index contributed by atoms with van der Waals surface area (Å²) in [6.45, 7) is 1.82. The molecule has 2 aromatic heterocycles. The van der Waals surface area contributed by atoms with Gasteiger partial charge in [-0.1, -0.05) is 0 Å². The van der Waals surface area contributed by atoms with Crippen LogP contribution in [0.4, 0.5) is 0 Å². The lowest BCUT2D eigenvalue weighted by Crippen LogP contribution is -2.19. The van der Waals surface area contributed by atoms with Gasteiger partial charge in [0, 0.05) is 19.3 Å². The molecule has 0 radical (unpaired) electrons. The minimum atomic E-state index is -0.173. The molecule has 5 heteroatoms. The fourth-order valence-corrected chi connectivity index (χ4v) is 1.40.